The van der Waals surface area contributed by atoms with Gasteiger partial charge in [0.05, 0.1) is 31.9 Å². The van der Waals surface area contributed by atoms with Crippen LogP contribution in [0.5, 0.6) is 0 Å². The van der Waals surface area contributed by atoms with Crippen LogP contribution in [0.15, 0.2) is 24.3 Å². The molecule has 8 nitrogen and oxygen atoms in total. The zero-order valence-electron chi connectivity index (χ0n) is 15.9. The minimum Gasteiger partial charge on any atom is -0.480 e. The smallest absolute Gasteiger partial charge is 0.411 e. The topological polar surface area (TPSA) is 102 Å². The number of carbonyl (C=O) groups excluding carboxylic acids is 2. The number of ether oxygens (including phenoxy) is 3. The third kappa shape index (κ3) is 5.68. The molecule has 8 heteroatoms. The molecule has 148 valence electrons. The van der Waals surface area contributed by atoms with Crippen molar-refractivity contribution in [1.29, 1.82) is 0 Å². The maximum Gasteiger partial charge on any atom is 0.411 e. The highest BCUT2D eigenvalue weighted by molar-refractivity contribution is 5.89. The molecule has 0 radical (unpaired) electrons. The lowest BCUT2D eigenvalue weighted by Crippen LogP contribution is -2.43. The summed E-state index contributed by atoms with van der Waals surface area (Å²) < 4.78 is 15.7. The van der Waals surface area contributed by atoms with Gasteiger partial charge in [-0.15, -0.1) is 0 Å². The lowest BCUT2D eigenvalue weighted by molar-refractivity contribution is -0.142. The highest BCUT2D eigenvalue weighted by atomic mass is 16.6. The van der Waals surface area contributed by atoms with Gasteiger partial charge in [-0.25, -0.2) is 14.4 Å². The largest absolute Gasteiger partial charge is 0.480 e. The first-order valence-corrected chi connectivity index (χ1v) is 8.62. The first-order valence-electron chi connectivity index (χ1n) is 8.62. The standard InChI is InChI=1S/C19H25NO7/c1-19(2,3)27-18(24)20-10-14(9-15(20)16(21)22)26-11-12-5-7-13(8-6-12)17(23)25-4/h5-8,14-15H,9-11H2,1-4H3,(H,21,22). The van der Waals surface area contributed by atoms with Crippen molar-refractivity contribution in [2.45, 2.75) is 51.5 Å². The number of amides is 1. The Labute approximate surface area is 158 Å². The van der Waals surface area contributed by atoms with Gasteiger partial charge >= 0.3 is 18.0 Å². The molecule has 1 aliphatic rings. The number of benzene rings is 1. The summed E-state index contributed by atoms with van der Waals surface area (Å²) in [5.41, 5.74) is 0.551. The van der Waals surface area contributed by atoms with Crippen LogP contribution in [0.2, 0.25) is 0 Å². The van der Waals surface area contributed by atoms with E-state index in [1.165, 1.54) is 12.0 Å². The molecule has 1 amide bonds. The van der Waals surface area contributed by atoms with E-state index in [0.717, 1.165) is 5.56 Å². The van der Waals surface area contributed by atoms with Crippen LogP contribution in [0.25, 0.3) is 0 Å². The Kier molecular flexibility index (Phi) is 6.43. The third-order valence-corrected chi connectivity index (χ3v) is 4.04. The Bertz CT molecular complexity index is 693. The van der Waals surface area contributed by atoms with Crippen molar-refractivity contribution in [1.82, 2.24) is 4.90 Å². The Morgan fingerprint density at radius 3 is 2.33 bits per heavy atom. The molecule has 0 bridgehead atoms. The van der Waals surface area contributed by atoms with Gasteiger partial charge in [-0.3, -0.25) is 4.90 Å². The maximum atomic E-state index is 12.3. The van der Waals surface area contributed by atoms with Crippen molar-refractivity contribution in [3.05, 3.63) is 35.4 Å². The van der Waals surface area contributed by atoms with Gasteiger partial charge in [-0.2, -0.15) is 0 Å². The number of hydrogen-bond donors (Lipinski definition) is 1. The summed E-state index contributed by atoms with van der Waals surface area (Å²) in [5.74, 6) is -1.51. The molecule has 2 atom stereocenters. The van der Waals surface area contributed by atoms with Crippen LogP contribution in [0, 0.1) is 0 Å². The number of esters is 1. The molecule has 27 heavy (non-hydrogen) atoms. The fourth-order valence-corrected chi connectivity index (χ4v) is 2.74. The van der Waals surface area contributed by atoms with Crippen LogP contribution in [0.1, 0.15) is 43.1 Å². The summed E-state index contributed by atoms with van der Waals surface area (Å²) in [6.07, 6.45) is -0.892. The average Bonchev–Trinajstić information content (AvgIpc) is 3.03. The van der Waals surface area contributed by atoms with Crippen molar-refractivity contribution < 1.29 is 33.7 Å². The van der Waals surface area contributed by atoms with Crippen molar-refractivity contribution >= 4 is 18.0 Å². The number of likely N-dealkylation sites (tertiary alicyclic amines) is 1. The van der Waals surface area contributed by atoms with Crippen LogP contribution in [0.3, 0.4) is 0 Å². The van der Waals surface area contributed by atoms with E-state index in [2.05, 4.69) is 4.74 Å². The Hall–Kier alpha value is -2.61. The van der Waals surface area contributed by atoms with Gasteiger partial charge in [-0.1, -0.05) is 12.1 Å². The van der Waals surface area contributed by atoms with Crippen LogP contribution in [0.4, 0.5) is 4.79 Å². The predicted molar refractivity (Wildman–Crippen MR) is 95.3 cm³/mol. The molecule has 0 saturated carbocycles. The highest BCUT2D eigenvalue weighted by Crippen LogP contribution is 2.24. The molecule has 0 spiro atoms. The summed E-state index contributed by atoms with van der Waals surface area (Å²) in [4.78, 5) is 36.4. The predicted octanol–water partition coefficient (Wildman–Crippen LogP) is 2.45. The molecule has 1 saturated heterocycles. The van der Waals surface area contributed by atoms with Gasteiger partial charge in [0.25, 0.3) is 0 Å². The number of carboxylic acid groups (broad SMARTS) is 1. The van der Waals surface area contributed by atoms with Crippen LogP contribution < -0.4 is 0 Å². The second-order valence-corrected chi connectivity index (χ2v) is 7.34. The fraction of sp³-hybridized carbons (Fsp3) is 0.526. The van der Waals surface area contributed by atoms with E-state index in [1.807, 2.05) is 0 Å². The van der Waals surface area contributed by atoms with Crippen molar-refractivity contribution in [3.8, 4) is 0 Å². The maximum absolute atomic E-state index is 12.3. The van der Waals surface area contributed by atoms with E-state index in [4.69, 9.17) is 9.47 Å². The van der Waals surface area contributed by atoms with Gasteiger partial charge in [0, 0.05) is 6.42 Å². The van der Waals surface area contributed by atoms with Crippen molar-refractivity contribution in [3.63, 3.8) is 0 Å². The molecule has 1 aromatic carbocycles. The first kappa shape index (κ1) is 20.7. The quantitative estimate of drug-likeness (QED) is 0.784. The van der Waals surface area contributed by atoms with E-state index < -0.39 is 35.8 Å². The Balaban J connectivity index is 1.96. The van der Waals surface area contributed by atoms with E-state index in [0.29, 0.717) is 5.56 Å². The number of aliphatic carboxylic acids is 1. The lowest BCUT2D eigenvalue weighted by Gasteiger charge is -2.26. The zero-order chi connectivity index (χ0) is 20.2. The van der Waals surface area contributed by atoms with E-state index in [9.17, 15) is 19.5 Å². The van der Waals surface area contributed by atoms with E-state index in [1.54, 1.807) is 45.0 Å². The highest BCUT2D eigenvalue weighted by Gasteiger charge is 2.42. The first-order chi connectivity index (χ1) is 12.6. The Morgan fingerprint density at radius 1 is 1.19 bits per heavy atom. The molecule has 1 fully saturated rings. The number of hydrogen-bond acceptors (Lipinski definition) is 6. The molecule has 1 heterocycles. The van der Waals surface area contributed by atoms with Crippen LogP contribution >= 0.6 is 0 Å². The molecular formula is C19H25NO7. The van der Waals surface area contributed by atoms with Gasteiger partial charge < -0.3 is 19.3 Å². The monoisotopic (exact) mass is 379 g/mol. The molecular weight excluding hydrogens is 354 g/mol. The molecule has 0 aliphatic carbocycles. The second-order valence-electron chi connectivity index (χ2n) is 7.34. The van der Waals surface area contributed by atoms with Crippen molar-refractivity contribution in [2.75, 3.05) is 13.7 Å². The molecule has 1 aromatic rings. The summed E-state index contributed by atoms with van der Waals surface area (Å²) in [6, 6.07) is 5.76. The van der Waals surface area contributed by atoms with E-state index >= 15 is 0 Å². The summed E-state index contributed by atoms with van der Waals surface area (Å²) in [6.45, 7) is 5.56. The van der Waals surface area contributed by atoms with Crippen molar-refractivity contribution in [2.24, 2.45) is 0 Å². The lowest BCUT2D eigenvalue weighted by atomic mass is 10.1. The third-order valence-electron chi connectivity index (χ3n) is 4.04. The second kappa shape index (κ2) is 8.39. The number of carboxylic acids is 1. The molecule has 1 aliphatic heterocycles. The number of carbonyl (C=O) groups is 3. The molecule has 1 N–H and O–H groups in total. The Morgan fingerprint density at radius 2 is 1.81 bits per heavy atom. The van der Waals surface area contributed by atoms with Crippen LogP contribution in [-0.4, -0.2) is 59.4 Å². The van der Waals surface area contributed by atoms with Gasteiger partial charge in [0.1, 0.15) is 11.6 Å². The molecule has 2 rings (SSSR count). The summed E-state index contributed by atoms with van der Waals surface area (Å²) in [7, 11) is 1.31. The minimum atomic E-state index is -1.09. The average molecular weight is 379 g/mol. The number of methoxy groups -OCH3 is 1. The van der Waals surface area contributed by atoms with E-state index in [-0.39, 0.29) is 19.6 Å². The summed E-state index contributed by atoms with van der Waals surface area (Å²) in [5, 5.41) is 9.39. The van der Waals surface area contributed by atoms with Gasteiger partial charge in [0.15, 0.2) is 0 Å². The normalized spacial score (nSPS) is 19.6. The minimum absolute atomic E-state index is 0.145. The zero-order valence-corrected chi connectivity index (χ0v) is 15.9. The fourth-order valence-electron chi connectivity index (χ4n) is 2.74. The molecule has 0 aromatic heterocycles. The summed E-state index contributed by atoms with van der Waals surface area (Å²) >= 11 is 0. The SMILES string of the molecule is COC(=O)c1ccc(COC2CC(C(=O)O)N(C(=O)OC(C)(C)C)C2)cc1. The van der Waals surface area contributed by atoms with Crippen LogP contribution in [-0.2, 0) is 25.6 Å². The number of rotatable bonds is 5. The van der Waals surface area contributed by atoms with Gasteiger partial charge in [-0.05, 0) is 38.5 Å². The number of nitrogens with zero attached hydrogens (tertiary/aromatic N) is 1. The van der Waals surface area contributed by atoms with Gasteiger partial charge in [0.2, 0.25) is 0 Å². The molecule has 2 unspecified atom stereocenters.